The van der Waals surface area contributed by atoms with Gasteiger partial charge < -0.3 is 19.7 Å². The minimum absolute atomic E-state index is 0.160. The fourth-order valence-corrected chi connectivity index (χ4v) is 5.76. The van der Waals surface area contributed by atoms with Crippen LogP contribution in [0.5, 0.6) is 11.5 Å². The van der Waals surface area contributed by atoms with Crippen LogP contribution in [0.2, 0.25) is 0 Å². The van der Waals surface area contributed by atoms with Crippen molar-refractivity contribution in [2.45, 2.75) is 166 Å². The third-order valence-corrected chi connectivity index (χ3v) is 9.18. The Morgan fingerprint density at radius 3 is 1.20 bits per heavy atom. The molecule has 0 bridgehead atoms. The van der Waals surface area contributed by atoms with Crippen LogP contribution in [-0.4, -0.2) is 22.2 Å². The van der Waals surface area contributed by atoms with Crippen molar-refractivity contribution in [1.82, 2.24) is 0 Å². The van der Waals surface area contributed by atoms with E-state index in [1.807, 2.05) is 0 Å². The van der Waals surface area contributed by atoms with Gasteiger partial charge in [-0.2, -0.15) is 0 Å². The number of carbonyl (C=O) groups is 2. The van der Waals surface area contributed by atoms with Gasteiger partial charge in [-0.25, -0.2) is 0 Å². The summed E-state index contributed by atoms with van der Waals surface area (Å²) in [7, 11) is 0. The number of allylic oxidation sites excluding steroid dienone is 12. The smallest absolute Gasteiger partial charge is 0.310 e. The van der Waals surface area contributed by atoms with Gasteiger partial charge in [-0.1, -0.05) is 83.7 Å². The number of hydrogen-bond donors (Lipinski definition) is 2. The van der Waals surface area contributed by atoms with Gasteiger partial charge in [0.2, 0.25) is 0 Å². The standard InChI is InChI=1S/C45H68O6/c1-11-42(48)50-44-38(10)39(45(51-43(49)12-2)41(31-47)40(44)30-46)29-28-37(9)27-17-26-36(8)25-16-24-35(7)23-15-22-34(6)21-14-20-33(5)19-13-18-32(3)4/h18,20,22,24,26,28,46-47H,11-17,19,21,23,25,27,29-31H2,1-10H3/b33-20+,34-22+,35-24+,36-26+,37-28+. The fourth-order valence-electron chi connectivity index (χ4n) is 5.76. The van der Waals surface area contributed by atoms with E-state index in [-0.39, 0.29) is 35.5 Å². The molecule has 1 aromatic rings. The summed E-state index contributed by atoms with van der Waals surface area (Å²) in [5.41, 5.74) is 10.2. The first-order valence-electron chi connectivity index (χ1n) is 19.0. The van der Waals surface area contributed by atoms with E-state index in [1.165, 1.54) is 33.4 Å². The minimum atomic E-state index is -0.472. The van der Waals surface area contributed by atoms with Crippen LogP contribution in [0.1, 0.15) is 162 Å². The Hall–Kier alpha value is -3.48. The van der Waals surface area contributed by atoms with Gasteiger partial charge in [-0.3, -0.25) is 9.59 Å². The molecule has 6 heteroatoms. The quantitative estimate of drug-likeness (QED) is 0.0669. The number of hydrogen-bond acceptors (Lipinski definition) is 6. The fraction of sp³-hybridized carbons (Fsp3) is 0.556. The summed E-state index contributed by atoms with van der Waals surface area (Å²) in [5.74, 6) is -0.430. The van der Waals surface area contributed by atoms with E-state index >= 15 is 0 Å². The highest BCUT2D eigenvalue weighted by Crippen LogP contribution is 2.40. The van der Waals surface area contributed by atoms with Crippen LogP contribution in [0, 0.1) is 6.92 Å². The maximum atomic E-state index is 12.4. The van der Waals surface area contributed by atoms with E-state index in [1.54, 1.807) is 20.8 Å². The van der Waals surface area contributed by atoms with Crippen molar-refractivity contribution >= 4 is 11.9 Å². The van der Waals surface area contributed by atoms with Gasteiger partial charge >= 0.3 is 11.9 Å². The minimum Gasteiger partial charge on any atom is -0.426 e. The highest BCUT2D eigenvalue weighted by atomic mass is 16.5. The van der Waals surface area contributed by atoms with Gasteiger partial charge in [-0.05, 0) is 132 Å². The highest BCUT2D eigenvalue weighted by Gasteiger charge is 2.25. The molecule has 6 nitrogen and oxygen atoms in total. The van der Waals surface area contributed by atoms with Crippen molar-refractivity contribution in [1.29, 1.82) is 0 Å². The maximum Gasteiger partial charge on any atom is 0.310 e. The van der Waals surface area contributed by atoms with Gasteiger partial charge in [-0.15, -0.1) is 0 Å². The van der Waals surface area contributed by atoms with Gasteiger partial charge in [0, 0.05) is 29.5 Å². The molecular weight excluding hydrogens is 636 g/mol. The number of aliphatic hydroxyl groups excluding tert-OH is 2. The number of benzene rings is 1. The second-order valence-electron chi connectivity index (χ2n) is 14.1. The third-order valence-electron chi connectivity index (χ3n) is 9.18. The van der Waals surface area contributed by atoms with Crippen molar-refractivity contribution in [3.8, 4) is 11.5 Å². The lowest BCUT2D eigenvalue weighted by atomic mass is 9.93. The van der Waals surface area contributed by atoms with E-state index in [0.29, 0.717) is 17.5 Å². The Balaban J connectivity index is 2.76. The van der Waals surface area contributed by atoms with Crippen molar-refractivity contribution < 1.29 is 29.3 Å². The van der Waals surface area contributed by atoms with Crippen LogP contribution in [0.25, 0.3) is 0 Å². The average Bonchev–Trinajstić information content (AvgIpc) is 3.08. The number of carbonyl (C=O) groups excluding carboxylic acids is 2. The predicted molar refractivity (Wildman–Crippen MR) is 213 cm³/mol. The van der Waals surface area contributed by atoms with Crippen LogP contribution in [0.15, 0.2) is 69.9 Å². The van der Waals surface area contributed by atoms with Crippen molar-refractivity contribution in [2.75, 3.05) is 0 Å². The normalized spacial score (nSPS) is 13.1. The average molecular weight is 705 g/mol. The summed E-state index contributed by atoms with van der Waals surface area (Å²) in [6, 6.07) is 0. The summed E-state index contributed by atoms with van der Waals surface area (Å²) in [6.45, 7) is 19.6. The molecule has 51 heavy (non-hydrogen) atoms. The van der Waals surface area contributed by atoms with Gasteiger partial charge in [0.1, 0.15) is 11.5 Å². The monoisotopic (exact) mass is 705 g/mol. The highest BCUT2D eigenvalue weighted by molar-refractivity contribution is 5.77. The first-order valence-corrected chi connectivity index (χ1v) is 19.0. The third kappa shape index (κ3) is 18.0. The van der Waals surface area contributed by atoms with E-state index < -0.39 is 25.2 Å². The van der Waals surface area contributed by atoms with Gasteiger partial charge in [0.05, 0.1) is 13.2 Å². The molecule has 284 valence electrons. The molecule has 2 N–H and O–H groups in total. The summed E-state index contributed by atoms with van der Waals surface area (Å²) < 4.78 is 11.3. The Kier molecular flexibility index (Phi) is 22.7. The van der Waals surface area contributed by atoms with Crippen molar-refractivity contribution in [3.05, 3.63) is 92.1 Å². The van der Waals surface area contributed by atoms with Crippen LogP contribution < -0.4 is 9.47 Å². The molecule has 0 amide bonds. The molecule has 0 heterocycles. The zero-order valence-corrected chi connectivity index (χ0v) is 33.6. The lowest BCUT2D eigenvalue weighted by Gasteiger charge is -2.22. The Morgan fingerprint density at radius 2 is 0.843 bits per heavy atom. The number of rotatable bonds is 23. The van der Waals surface area contributed by atoms with E-state index in [9.17, 15) is 19.8 Å². The second kappa shape index (κ2) is 25.5. The Bertz CT molecular complexity index is 1460. The van der Waals surface area contributed by atoms with E-state index in [4.69, 9.17) is 9.47 Å². The number of aliphatic hydroxyl groups is 2. The molecule has 0 aliphatic rings. The molecule has 0 spiro atoms. The van der Waals surface area contributed by atoms with E-state index in [2.05, 4.69) is 84.9 Å². The molecule has 0 saturated heterocycles. The molecular formula is C45H68O6. The topological polar surface area (TPSA) is 93.1 Å². The van der Waals surface area contributed by atoms with Crippen molar-refractivity contribution in [2.24, 2.45) is 0 Å². The molecule has 0 saturated carbocycles. The van der Waals surface area contributed by atoms with Crippen LogP contribution in [-0.2, 0) is 29.2 Å². The summed E-state index contributed by atoms with van der Waals surface area (Å²) in [4.78, 5) is 24.6. The first-order chi connectivity index (χ1) is 24.3. The summed E-state index contributed by atoms with van der Waals surface area (Å²) in [5, 5.41) is 20.4. The summed E-state index contributed by atoms with van der Waals surface area (Å²) >= 11 is 0. The number of ether oxygens (including phenoxy) is 2. The first kappa shape index (κ1) is 45.5. The lowest BCUT2D eigenvalue weighted by Crippen LogP contribution is -2.16. The zero-order valence-electron chi connectivity index (χ0n) is 33.6. The molecule has 0 unspecified atom stereocenters. The predicted octanol–water partition coefficient (Wildman–Crippen LogP) is 11.8. The molecule has 0 radical (unpaired) electrons. The van der Waals surface area contributed by atoms with Crippen LogP contribution >= 0.6 is 0 Å². The molecule has 1 rings (SSSR count). The van der Waals surface area contributed by atoms with Crippen molar-refractivity contribution in [3.63, 3.8) is 0 Å². The second-order valence-corrected chi connectivity index (χ2v) is 14.1. The number of esters is 2. The molecule has 0 aliphatic heterocycles. The molecule has 0 aromatic heterocycles. The van der Waals surface area contributed by atoms with Gasteiger partial charge in [0.15, 0.2) is 0 Å². The lowest BCUT2D eigenvalue weighted by molar-refractivity contribution is -0.135. The van der Waals surface area contributed by atoms with E-state index in [0.717, 1.165) is 64.2 Å². The van der Waals surface area contributed by atoms with Crippen LogP contribution in [0.3, 0.4) is 0 Å². The SMILES string of the molecule is CCC(=O)Oc1c(C)c(C/C=C(\C)CC/C=C(\C)CC/C=C(\C)CC/C=C(\C)CC/C=C(\C)CCC=C(C)C)c(OC(=O)CC)c(CO)c1CO. The molecule has 0 fully saturated rings. The Morgan fingerprint density at radius 1 is 0.510 bits per heavy atom. The molecule has 0 aliphatic carbocycles. The zero-order chi connectivity index (χ0) is 38.3. The summed E-state index contributed by atoms with van der Waals surface area (Å²) in [6.07, 6.45) is 25.3. The van der Waals surface area contributed by atoms with Crippen LogP contribution in [0.4, 0.5) is 0 Å². The molecule has 1 aromatic carbocycles. The maximum absolute atomic E-state index is 12.4. The Labute approximate surface area is 310 Å². The molecule has 0 atom stereocenters. The van der Waals surface area contributed by atoms with Gasteiger partial charge in [0.25, 0.3) is 0 Å². The largest absolute Gasteiger partial charge is 0.426 e.